The maximum Gasteiger partial charge on any atom is 0.275 e. The van der Waals surface area contributed by atoms with Crippen molar-refractivity contribution < 1.29 is 4.79 Å². The SMILES string of the molecule is Cc1ccc(C2c3c(n[nH]c3C)C(=O)N2C)cc1. The van der Waals surface area contributed by atoms with Gasteiger partial charge in [0, 0.05) is 18.3 Å². The first kappa shape index (κ1) is 11.0. The molecule has 1 atom stereocenters. The number of nitrogens with zero attached hydrogens (tertiary/aromatic N) is 2. The van der Waals surface area contributed by atoms with Gasteiger partial charge in [0.1, 0.15) is 0 Å². The van der Waals surface area contributed by atoms with Crippen molar-refractivity contribution in [2.24, 2.45) is 0 Å². The number of carbonyl (C=O) groups excluding carboxylic acids is 1. The van der Waals surface area contributed by atoms with Crippen LogP contribution in [0.25, 0.3) is 0 Å². The fraction of sp³-hybridized carbons (Fsp3) is 0.286. The number of aromatic nitrogens is 2. The molecule has 0 saturated carbocycles. The summed E-state index contributed by atoms with van der Waals surface area (Å²) in [5, 5.41) is 7.01. The Morgan fingerprint density at radius 1 is 1.22 bits per heavy atom. The van der Waals surface area contributed by atoms with Crippen LogP contribution >= 0.6 is 0 Å². The number of H-pyrrole nitrogens is 1. The van der Waals surface area contributed by atoms with E-state index in [2.05, 4.69) is 41.4 Å². The highest BCUT2D eigenvalue weighted by molar-refractivity contribution is 5.98. The molecular formula is C14H15N3O. The van der Waals surface area contributed by atoms with Crippen LogP contribution in [-0.2, 0) is 0 Å². The van der Waals surface area contributed by atoms with E-state index in [-0.39, 0.29) is 11.9 Å². The molecule has 3 rings (SSSR count). The number of amides is 1. The Labute approximate surface area is 106 Å². The first-order valence-electron chi connectivity index (χ1n) is 5.98. The van der Waals surface area contributed by atoms with Crippen molar-refractivity contribution in [2.75, 3.05) is 7.05 Å². The van der Waals surface area contributed by atoms with Crippen LogP contribution in [-0.4, -0.2) is 28.1 Å². The molecule has 0 aliphatic carbocycles. The third kappa shape index (κ3) is 1.38. The summed E-state index contributed by atoms with van der Waals surface area (Å²) in [7, 11) is 1.83. The van der Waals surface area contributed by atoms with Gasteiger partial charge in [-0.1, -0.05) is 29.8 Å². The molecule has 0 saturated heterocycles. The van der Waals surface area contributed by atoms with E-state index in [0.717, 1.165) is 16.8 Å². The van der Waals surface area contributed by atoms with E-state index in [1.807, 2.05) is 14.0 Å². The zero-order valence-electron chi connectivity index (χ0n) is 10.7. The molecule has 1 unspecified atom stereocenters. The predicted octanol–water partition coefficient (Wildman–Crippen LogP) is 2.20. The van der Waals surface area contributed by atoms with Gasteiger partial charge in [-0.2, -0.15) is 5.10 Å². The van der Waals surface area contributed by atoms with Crippen LogP contribution in [0.3, 0.4) is 0 Å². The minimum Gasteiger partial charge on any atom is -0.329 e. The first-order chi connectivity index (χ1) is 8.59. The van der Waals surface area contributed by atoms with Gasteiger partial charge in [0.2, 0.25) is 0 Å². The highest BCUT2D eigenvalue weighted by atomic mass is 16.2. The van der Waals surface area contributed by atoms with Crippen molar-refractivity contribution in [3.05, 3.63) is 52.3 Å². The standard InChI is InChI=1S/C14H15N3O/c1-8-4-6-10(7-5-8)13-11-9(2)15-16-12(11)14(18)17(13)3/h4-7,13H,1-3H3,(H,15,16). The number of fused-ring (bicyclic) bond motifs is 1. The maximum absolute atomic E-state index is 12.1. The smallest absolute Gasteiger partial charge is 0.275 e. The van der Waals surface area contributed by atoms with E-state index in [1.54, 1.807) is 4.90 Å². The lowest BCUT2D eigenvalue weighted by atomic mass is 9.99. The van der Waals surface area contributed by atoms with Crippen molar-refractivity contribution in [1.82, 2.24) is 15.1 Å². The molecule has 18 heavy (non-hydrogen) atoms. The molecule has 1 aliphatic heterocycles. The van der Waals surface area contributed by atoms with Gasteiger partial charge in [0.25, 0.3) is 5.91 Å². The lowest BCUT2D eigenvalue weighted by Crippen LogP contribution is -2.24. The number of hydrogen-bond donors (Lipinski definition) is 1. The molecule has 2 aromatic rings. The van der Waals surface area contributed by atoms with E-state index in [1.165, 1.54) is 5.56 Å². The Balaban J connectivity index is 2.14. The van der Waals surface area contributed by atoms with Gasteiger partial charge in [-0.25, -0.2) is 0 Å². The summed E-state index contributed by atoms with van der Waals surface area (Å²) in [4.78, 5) is 13.9. The fourth-order valence-corrected chi connectivity index (χ4v) is 2.55. The number of rotatable bonds is 1. The zero-order chi connectivity index (χ0) is 12.9. The topological polar surface area (TPSA) is 49.0 Å². The van der Waals surface area contributed by atoms with E-state index in [0.29, 0.717) is 5.69 Å². The summed E-state index contributed by atoms with van der Waals surface area (Å²) in [6.07, 6.45) is 0. The maximum atomic E-state index is 12.1. The van der Waals surface area contributed by atoms with Crippen molar-refractivity contribution in [3.8, 4) is 0 Å². The molecule has 1 aliphatic rings. The highest BCUT2D eigenvalue weighted by Crippen LogP contribution is 2.37. The summed E-state index contributed by atoms with van der Waals surface area (Å²) in [6.45, 7) is 4.02. The molecule has 92 valence electrons. The van der Waals surface area contributed by atoms with Crippen molar-refractivity contribution >= 4 is 5.91 Å². The quantitative estimate of drug-likeness (QED) is 0.832. The Morgan fingerprint density at radius 2 is 1.89 bits per heavy atom. The second-order valence-corrected chi connectivity index (χ2v) is 4.84. The Hall–Kier alpha value is -2.10. The molecule has 0 spiro atoms. The first-order valence-corrected chi connectivity index (χ1v) is 5.98. The minimum absolute atomic E-state index is 0.0140. The monoisotopic (exact) mass is 241 g/mol. The molecule has 4 heteroatoms. The van der Waals surface area contributed by atoms with Crippen LogP contribution in [0.1, 0.15) is 38.9 Å². The van der Waals surface area contributed by atoms with E-state index in [4.69, 9.17) is 0 Å². The van der Waals surface area contributed by atoms with Crippen LogP contribution < -0.4 is 0 Å². The second-order valence-electron chi connectivity index (χ2n) is 4.84. The number of benzene rings is 1. The van der Waals surface area contributed by atoms with Crippen molar-refractivity contribution in [3.63, 3.8) is 0 Å². The Bertz CT molecular complexity index is 612. The molecule has 0 bridgehead atoms. The normalized spacial score (nSPS) is 18.3. The number of aromatic amines is 1. The van der Waals surface area contributed by atoms with E-state index >= 15 is 0 Å². The largest absolute Gasteiger partial charge is 0.329 e. The van der Waals surface area contributed by atoms with E-state index < -0.39 is 0 Å². The van der Waals surface area contributed by atoms with Gasteiger partial charge >= 0.3 is 0 Å². The summed E-state index contributed by atoms with van der Waals surface area (Å²) < 4.78 is 0. The minimum atomic E-state index is -0.0214. The molecular weight excluding hydrogens is 226 g/mol. The van der Waals surface area contributed by atoms with Crippen LogP contribution in [0, 0.1) is 13.8 Å². The molecule has 1 aromatic carbocycles. The molecule has 0 fully saturated rings. The molecule has 1 amide bonds. The van der Waals surface area contributed by atoms with Crippen LogP contribution in [0.2, 0.25) is 0 Å². The van der Waals surface area contributed by atoms with Gasteiger partial charge in [-0.05, 0) is 19.4 Å². The number of aryl methyl sites for hydroxylation is 2. The predicted molar refractivity (Wildman–Crippen MR) is 68.4 cm³/mol. The third-order valence-corrected chi connectivity index (χ3v) is 3.57. The summed E-state index contributed by atoms with van der Waals surface area (Å²) in [5.74, 6) is -0.0140. The van der Waals surface area contributed by atoms with Crippen LogP contribution in [0.4, 0.5) is 0 Å². The lowest BCUT2D eigenvalue weighted by molar-refractivity contribution is 0.0787. The average Bonchev–Trinajstić information content (AvgIpc) is 2.84. The molecule has 0 radical (unpaired) electrons. The third-order valence-electron chi connectivity index (χ3n) is 3.57. The number of nitrogens with one attached hydrogen (secondary N) is 1. The zero-order valence-corrected chi connectivity index (χ0v) is 10.7. The van der Waals surface area contributed by atoms with Crippen molar-refractivity contribution in [2.45, 2.75) is 19.9 Å². The van der Waals surface area contributed by atoms with Crippen LogP contribution in [0.5, 0.6) is 0 Å². The molecule has 2 heterocycles. The summed E-state index contributed by atoms with van der Waals surface area (Å²) in [5.41, 5.74) is 4.87. The summed E-state index contributed by atoms with van der Waals surface area (Å²) >= 11 is 0. The average molecular weight is 241 g/mol. The van der Waals surface area contributed by atoms with Gasteiger partial charge in [-0.3, -0.25) is 9.89 Å². The molecule has 1 N–H and O–H groups in total. The van der Waals surface area contributed by atoms with Gasteiger partial charge in [0.15, 0.2) is 5.69 Å². The summed E-state index contributed by atoms with van der Waals surface area (Å²) in [6, 6.07) is 8.27. The second kappa shape index (κ2) is 3.70. The van der Waals surface area contributed by atoms with Gasteiger partial charge in [-0.15, -0.1) is 0 Å². The van der Waals surface area contributed by atoms with Gasteiger partial charge < -0.3 is 4.90 Å². The van der Waals surface area contributed by atoms with Crippen LogP contribution in [0.15, 0.2) is 24.3 Å². The number of carbonyl (C=O) groups is 1. The highest BCUT2D eigenvalue weighted by Gasteiger charge is 2.38. The van der Waals surface area contributed by atoms with Crippen molar-refractivity contribution in [1.29, 1.82) is 0 Å². The van der Waals surface area contributed by atoms with E-state index in [9.17, 15) is 4.79 Å². The Kier molecular flexibility index (Phi) is 2.26. The fourth-order valence-electron chi connectivity index (χ4n) is 2.55. The molecule has 4 nitrogen and oxygen atoms in total. The lowest BCUT2D eigenvalue weighted by Gasteiger charge is -2.21. The van der Waals surface area contributed by atoms with Gasteiger partial charge in [0.05, 0.1) is 6.04 Å². The number of hydrogen-bond acceptors (Lipinski definition) is 2. The Morgan fingerprint density at radius 3 is 2.56 bits per heavy atom. The molecule has 1 aromatic heterocycles.